The highest BCUT2D eigenvalue weighted by atomic mass is 16.6. The van der Waals surface area contributed by atoms with Crippen LogP contribution in [0, 0.1) is 6.92 Å². The normalized spacial score (nSPS) is 26.5. The second-order valence-corrected chi connectivity index (χ2v) is 12.6. The van der Waals surface area contributed by atoms with Crippen molar-refractivity contribution in [3.05, 3.63) is 52.8 Å². The maximum Gasteiger partial charge on any atom is 0.410 e. The van der Waals surface area contributed by atoms with Gasteiger partial charge in [0.15, 0.2) is 5.69 Å². The highest BCUT2D eigenvalue weighted by Crippen LogP contribution is 2.44. The van der Waals surface area contributed by atoms with Gasteiger partial charge in [0, 0.05) is 49.4 Å². The number of nitrogens with zero attached hydrogens (tertiary/aromatic N) is 5. The molecule has 8 heteroatoms. The minimum atomic E-state index is -0.123. The van der Waals surface area contributed by atoms with Gasteiger partial charge in [0.1, 0.15) is 0 Å². The van der Waals surface area contributed by atoms with Crippen molar-refractivity contribution in [1.82, 2.24) is 24.5 Å². The van der Waals surface area contributed by atoms with Gasteiger partial charge in [-0.15, -0.1) is 0 Å². The summed E-state index contributed by atoms with van der Waals surface area (Å²) in [6, 6.07) is 11.7. The van der Waals surface area contributed by atoms with Gasteiger partial charge in [-0.2, -0.15) is 5.10 Å². The molecule has 1 spiro atoms. The molecule has 1 aromatic carbocycles. The Balaban J connectivity index is 1.17. The molecular weight excluding hydrogens is 490 g/mol. The molecule has 2 bridgehead atoms. The summed E-state index contributed by atoms with van der Waals surface area (Å²) in [4.78, 5) is 33.2. The third-order valence-corrected chi connectivity index (χ3v) is 9.88. The molecule has 4 aliphatic heterocycles. The quantitative estimate of drug-likeness (QED) is 0.575. The van der Waals surface area contributed by atoms with Gasteiger partial charge in [0.25, 0.3) is 5.91 Å². The molecule has 210 valence electrons. The fraction of sp³-hybridized carbons (Fsp3) is 0.645. The molecule has 0 radical (unpaired) electrons. The van der Waals surface area contributed by atoms with Crippen LogP contribution in [0.4, 0.5) is 4.79 Å². The lowest BCUT2D eigenvalue weighted by Gasteiger charge is -2.50. The van der Waals surface area contributed by atoms with Crippen molar-refractivity contribution in [2.45, 2.75) is 102 Å². The van der Waals surface area contributed by atoms with Crippen molar-refractivity contribution in [2.24, 2.45) is 7.05 Å². The number of benzene rings is 1. The Hall–Kier alpha value is -2.87. The molecule has 3 saturated heterocycles. The number of rotatable bonds is 3. The van der Waals surface area contributed by atoms with Crippen molar-refractivity contribution in [1.29, 1.82) is 0 Å². The number of hydrogen-bond acceptors (Lipinski definition) is 5. The van der Waals surface area contributed by atoms with E-state index in [0.717, 1.165) is 70.3 Å². The van der Waals surface area contributed by atoms with Crippen LogP contribution in [0.5, 0.6) is 0 Å². The van der Waals surface area contributed by atoms with Crippen LogP contribution in [0.25, 0.3) is 0 Å². The van der Waals surface area contributed by atoms with Gasteiger partial charge in [-0.05, 0) is 96.0 Å². The van der Waals surface area contributed by atoms with Gasteiger partial charge >= 0.3 is 6.09 Å². The number of piperidine rings is 1. The minimum absolute atomic E-state index is 0.0261. The van der Waals surface area contributed by atoms with E-state index in [-0.39, 0.29) is 29.6 Å². The molecule has 8 nitrogen and oxygen atoms in total. The van der Waals surface area contributed by atoms with Crippen molar-refractivity contribution < 1.29 is 14.3 Å². The number of fused-ring (bicyclic) bond motifs is 4. The largest absolute Gasteiger partial charge is 0.447 e. The predicted octanol–water partition coefficient (Wildman–Crippen LogP) is 4.65. The summed E-state index contributed by atoms with van der Waals surface area (Å²) in [6.07, 6.45) is 7.30. The number of aryl methyl sites for hydroxylation is 2. The van der Waals surface area contributed by atoms with Gasteiger partial charge in [0.05, 0.1) is 6.10 Å². The average Bonchev–Trinajstić information content (AvgIpc) is 3.40. The highest BCUT2D eigenvalue weighted by molar-refractivity contribution is 5.92. The highest BCUT2D eigenvalue weighted by Gasteiger charge is 2.47. The Kier molecular flexibility index (Phi) is 6.94. The fourth-order valence-corrected chi connectivity index (χ4v) is 7.79. The first-order valence-corrected chi connectivity index (χ1v) is 14.9. The van der Waals surface area contributed by atoms with Crippen molar-refractivity contribution in [3.8, 4) is 0 Å². The molecule has 4 aliphatic rings. The Labute approximate surface area is 232 Å². The van der Waals surface area contributed by atoms with E-state index in [0.29, 0.717) is 24.3 Å². The predicted molar refractivity (Wildman–Crippen MR) is 150 cm³/mol. The zero-order valence-corrected chi connectivity index (χ0v) is 23.9. The fourth-order valence-electron chi connectivity index (χ4n) is 7.79. The molecule has 0 N–H and O–H groups in total. The van der Waals surface area contributed by atoms with Crippen LogP contribution >= 0.6 is 0 Å². The number of carbonyl (C=O) groups excluding carboxylic acids is 2. The standard InChI is InChI=1S/C31H43N5O3/c1-21(2)39-30(38)36-24-9-11-25(18-26(36)12-10-24)34-15-13-31(14-16-34)20-35(19-23-7-5-6-8-27(23)31)29(37)28-17-22(3)33(4)32-28/h5-8,17,21,24-26H,9-16,18-20H2,1-4H3. The van der Waals surface area contributed by atoms with E-state index in [4.69, 9.17) is 4.74 Å². The molecule has 6 rings (SSSR count). The molecule has 3 unspecified atom stereocenters. The van der Waals surface area contributed by atoms with Crippen LogP contribution in [0.3, 0.4) is 0 Å². The number of hydrogen-bond donors (Lipinski definition) is 0. The summed E-state index contributed by atoms with van der Waals surface area (Å²) in [5, 5.41) is 4.49. The number of carbonyl (C=O) groups is 2. The van der Waals surface area contributed by atoms with E-state index in [1.165, 1.54) is 11.1 Å². The summed E-state index contributed by atoms with van der Waals surface area (Å²) in [5.41, 5.74) is 4.20. The summed E-state index contributed by atoms with van der Waals surface area (Å²) in [5.74, 6) is 0.0307. The number of aromatic nitrogens is 2. The molecule has 1 aromatic heterocycles. The van der Waals surface area contributed by atoms with Crippen molar-refractivity contribution in [2.75, 3.05) is 19.6 Å². The summed E-state index contributed by atoms with van der Waals surface area (Å²) in [7, 11) is 1.89. The number of ether oxygens (including phenoxy) is 1. The van der Waals surface area contributed by atoms with E-state index in [2.05, 4.69) is 39.2 Å². The van der Waals surface area contributed by atoms with E-state index < -0.39 is 0 Å². The molecule has 39 heavy (non-hydrogen) atoms. The zero-order valence-electron chi connectivity index (χ0n) is 23.9. The van der Waals surface area contributed by atoms with Crippen LogP contribution in [0.15, 0.2) is 30.3 Å². The number of likely N-dealkylation sites (tertiary alicyclic amines) is 1. The SMILES string of the molecule is Cc1cc(C(=O)N2Cc3ccccc3C3(CCN(C4CCC5CCC(C4)N5C(=O)OC(C)C)CC3)C2)nn1C. The lowest BCUT2D eigenvalue weighted by molar-refractivity contribution is 0.0465. The average molecular weight is 534 g/mol. The van der Waals surface area contributed by atoms with Crippen LogP contribution in [0.2, 0.25) is 0 Å². The van der Waals surface area contributed by atoms with Gasteiger partial charge in [-0.3, -0.25) is 9.48 Å². The van der Waals surface area contributed by atoms with E-state index in [9.17, 15) is 9.59 Å². The van der Waals surface area contributed by atoms with Gasteiger partial charge in [-0.25, -0.2) is 4.79 Å². The zero-order chi connectivity index (χ0) is 27.3. The van der Waals surface area contributed by atoms with Crippen LogP contribution < -0.4 is 0 Å². The van der Waals surface area contributed by atoms with Gasteiger partial charge in [-0.1, -0.05) is 24.3 Å². The summed E-state index contributed by atoms with van der Waals surface area (Å²) < 4.78 is 7.40. The van der Waals surface area contributed by atoms with Crippen LogP contribution in [-0.4, -0.2) is 80.3 Å². The molecule has 0 aliphatic carbocycles. The lowest BCUT2D eigenvalue weighted by atomic mass is 9.68. The Morgan fingerprint density at radius 2 is 1.72 bits per heavy atom. The lowest BCUT2D eigenvalue weighted by Crippen LogP contribution is -2.55. The Morgan fingerprint density at radius 3 is 2.41 bits per heavy atom. The molecule has 3 atom stereocenters. The molecule has 3 fully saturated rings. The van der Waals surface area contributed by atoms with E-state index in [1.807, 2.05) is 38.8 Å². The molecular formula is C31H43N5O3. The molecule has 2 amide bonds. The van der Waals surface area contributed by atoms with E-state index >= 15 is 0 Å². The van der Waals surface area contributed by atoms with Gasteiger partial charge < -0.3 is 19.4 Å². The van der Waals surface area contributed by atoms with Gasteiger partial charge in [0.2, 0.25) is 0 Å². The van der Waals surface area contributed by atoms with Crippen LogP contribution in [-0.2, 0) is 23.7 Å². The topological polar surface area (TPSA) is 70.9 Å². The second-order valence-electron chi connectivity index (χ2n) is 12.6. The maximum atomic E-state index is 13.6. The monoisotopic (exact) mass is 533 g/mol. The third kappa shape index (κ3) is 4.85. The first-order valence-electron chi connectivity index (χ1n) is 14.9. The smallest absolute Gasteiger partial charge is 0.410 e. The van der Waals surface area contributed by atoms with Crippen LogP contribution in [0.1, 0.15) is 86.1 Å². The molecule has 2 aromatic rings. The van der Waals surface area contributed by atoms with Crippen molar-refractivity contribution >= 4 is 12.0 Å². The molecule has 0 saturated carbocycles. The first kappa shape index (κ1) is 26.4. The second kappa shape index (κ2) is 10.3. The Morgan fingerprint density at radius 1 is 1.03 bits per heavy atom. The minimum Gasteiger partial charge on any atom is -0.447 e. The third-order valence-electron chi connectivity index (χ3n) is 9.88. The summed E-state index contributed by atoms with van der Waals surface area (Å²) in [6.45, 7) is 9.28. The number of amides is 2. The van der Waals surface area contributed by atoms with Crippen molar-refractivity contribution in [3.63, 3.8) is 0 Å². The Bertz CT molecular complexity index is 1210. The maximum absolute atomic E-state index is 13.6. The first-order chi connectivity index (χ1) is 18.7. The summed E-state index contributed by atoms with van der Waals surface area (Å²) >= 11 is 0. The molecule has 5 heterocycles. The van der Waals surface area contributed by atoms with E-state index in [1.54, 1.807) is 4.68 Å².